The van der Waals surface area contributed by atoms with Gasteiger partial charge in [-0.2, -0.15) is 0 Å². The number of fused-ring (bicyclic) bond motifs is 1. The predicted octanol–water partition coefficient (Wildman–Crippen LogP) is 5.31. The molecule has 0 aromatic rings. The van der Waals surface area contributed by atoms with Gasteiger partial charge in [-0.3, -0.25) is 4.79 Å². The number of halogens is 3. The van der Waals surface area contributed by atoms with Crippen LogP contribution in [0.1, 0.15) is 65.2 Å². The molecule has 4 nitrogen and oxygen atoms in total. The van der Waals surface area contributed by atoms with Crippen molar-refractivity contribution in [3.8, 4) is 0 Å². The molecule has 0 spiro atoms. The highest BCUT2D eigenvalue weighted by Gasteiger charge is 2.48. The van der Waals surface area contributed by atoms with Crippen molar-refractivity contribution in [3.63, 3.8) is 0 Å². The molecule has 7 heteroatoms. The van der Waals surface area contributed by atoms with Gasteiger partial charge >= 0.3 is 5.97 Å². The van der Waals surface area contributed by atoms with Crippen molar-refractivity contribution < 1.29 is 28.2 Å². The number of aliphatic hydroxyl groups excluding tert-OH is 1. The largest absolute Gasteiger partial charge is 0.469 e. The molecule has 1 saturated carbocycles. The normalized spacial score (nSPS) is 31.8. The quantitative estimate of drug-likeness (QED) is 0.171. The van der Waals surface area contributed by atoms with Gasteiger partial charge < -0.3 is 14.6 Å². The maximum atomic E-state index is 14.1. The lowest BCUT2D eigenvalue weighted by Crippen LogP contribution is -2.32. The monoisotopic (exact) mass is 528 g/mol. The van der Waals surface area contributed by atoms with E-state index in [0.717, 1.165) is 25.7 Å². The van der Waals surface area contributed by atoms with E-state index in [1.165, 1.54) is 13.2 Å². The zero-order valence-electron chi connectivity index (χ0n) is 17.7. The average molecular weight is 528 g/mol. The van der Waals surface area contributed by atoms with Gasteiger partial charge in [0.15, 0.2) is 0 Å². The van der Waals surface area contributed by atoms with Crippen LogP contribution in [0.15, 0.2) is 12.2 Å². The molecule has 1 aliphatic carbocycles. The van der Waals surface area contributed by atoms with Gasteiger partial charge in [-0.25, -0.2) is 8.78 Å². The summed E-state index contributed by atoms with van der Waals surface area (Å²) in [5, 5.41) is 9.99. The lowest BCUT2D eigenvalue weighted by molar-refractivity contribution is -0.140. The third-order valence-corrected chi connectivity index (χ3v) is 7.82. The van der Waals surface area contributed by atoms with Gasteiger partial charge in [0, 0.05) is 16.8 Å². The van der Waals surface area contributed by atoms with Gasteiger partial charge in [0.05, 0.1) is 19.3 Å². The fourth-order valence-corrected chi connectivity index (χ4v) is 5.51. The van der Waals surface area contributed by atoms with Crippen molar-refractivity contribution in [2.45, 2.75) is 93.4 Å². The number of methoxy groups -OCH3 is 1. The number of ether oxygens (including phenoxy) is 2. The van der Waals surface area contributed by atoms with Gasteiger partial charge in [-0.1, -0.05) is 55.0 Å². The van der Waals surface area contributed by atoms with Crippen molar-refractivity contribution in [3.05, 3.63) is 12.2 Å². The number of esters is 1. The number of carbonyl (C=O) groups excluding carboxylic acids is 1. The van der Waals surface area contributed by atoms with Gasteiger partial charge in [-0.15, -0.1) is 0 Å². The Morgan fingerprint density at radius 2 is 2.10 bits per heavy atom. The second kappa shape index (κ2) is 11.4. The molecule has 0 unspecified atom stereocenters. The Hall–Kier alpha value is -0.280. The van der Waals surface area contributed by atoms with Crippen molar-refractivity contribution in [1.82, 2.24) is 0 Å². The van der Waals surface area contributed by atoms with E-state index < -0.39 is 12.0 Å². The molecular weight excluding hydrogens is 493 g/mol. The van der Waals surface area contributed by atoms with Gasteiger partial charge in [0.2, 0.25) is 0 Å². The fourth-order valence-electron chi connectivity index (χ4n) is 4.61. The summed E-state index contributed by atoms with van der Waals surface area (Å²) in [5.41, 5.74) is 0. The van der Waals surface area contributed by atoms with Crippen LogP contribution in [0.3, 0.4) is 0 Å². The number of rotatable bonds is 11. The first kappa shape index (κ1) is 25.0. The highest BCUT2D eigenvalue weighted by atomic mass is 127. The minimum Gasteiger partial charge on any atom is -0.469 e. The second-order valence-electron chi connectivity index (χ2n) is 8.58. The summed E-state index contributed by atoms with van der Waals surface area (Å²) >= 11 is 2.40. The summed E-state index contributed by atoms with van der Waals surface area (Å²) < 4.78 is 39.4. The molecule has 1 heterocycles. The summed E-state index contributed by atoms with van der Waals surface area (Å²) in [6.07, 6.45) is 6.38. The van der Waals surface area contributed by atoms with Crippen LogP contribution in [0.2, 0.25) is 0 Å². The molecule has 168 valence electrons. The first-order chi connectivity index (χ1) is 13.7. The number of alkyl halides is 3. The molecule has 7 atom stereocenters. The first-order valence-electron chi connectivity index (χ1n) is 10.8. The summed E-state index contributed by atoms with van der Waals surface area (Å²) in [6.45, 7) is 4.00. The van der Waals surface area contributed by atoms with Gasteiger partial charge in [-0.05, 0) is 49.9 Å². The molecule has 1 saturated heterocycles. The van der Waals surface area contributed by atoms with Gasteiger partial charge in [0.1, 0.15) is 6.10 Å². The van der Waals surface area contributed by atoms with E-state index in [0.29, 0.717) is 35.0 Å². The molecular formula is C22H35F2IO4. The molecule has 0 amide bonds. The zero-order chi connectivity index (χ0) is 21.6. The average Bonchev–Trinajstić information content (AvgIpc) is 3.21. The number of carbonyl (C=O) groups is 1. The van der Waals surface area contributed by atoms with Crippen LogP contribution >= 0.6 is 22.6 Å². The van der Waals surface area contributed by atoms with Crippen LogP contribution in [0.25, 0.3) is 0 Å². The molecule has 0 aromatic heterocycles. The number of hydrogen-bond acceptors (Lipinski definition) is 4. The van der Waals surface area contributed by atoms with Gasteiger partial charge in [0.25, 0.3) is 5.92 Å². The Balaban J connectivity index is 1.89. The van der Waals surface area contributed by atoms with Crippen LogP contribution in [0.4, 0.5) is 8.78 Å². The van der Waals surface area contributed by atoms with E-state index in [4.69, 9.17) is 4.74 Å². The topological polar surface area (TPSA) is 55.8 Å². The van der Waals surface area contributed by atoms with E-state index >= 15 is 0 Å². The molecule has 29 heavy (non-hydrogen) atoms. The second-order valence-corrected chi connectivity index (χ2v) is 10.2. The molecule has 2 fully saturated rings. The van der Waals surface area contributed by atoms with E-state index in [9.17, 15) is 18.7 Å². The molecule has 1 N–H and O–H groups in total. The molecule has 0 aromatic carbocycles. The highest BCUT2D eigenvalue weighted by Crippen LogP contribution is 2.48. The number of allylic oxidation sites excluding steroid dienone is 1. The van der Waals surface area contributed by atoms with Crippen LogP contribution in [0, 0.1) is 17.8 Å². The van der Waals surface area contributed by atoms with Crippen molar-refractivity contribution in [1.29, 1.82) is 0 Å². The smallest absolute Gasteiger partial charge is 0.305 e. The molecule has 1 aliphatic heterocycles. The molecule has 0 bridgehead atoms. The summed E-state index contributed by atoms with van der Waals surface area (Å²) in [7, 11) is 1.40. The Kier molecular flexibility index (Phi) is 9.80. The summed E-state index contributed by atoms with van der Waals surface area (Å²) in [4.78, 5) is 11.3. The Labute approximate surface area is 186 Å². The maximum absolute atomic E-state index is 14.1. The van der Waals surface area contributed by atoms with Crippen LogP contribution < -0.4 is 0 Å². The number of hydrogen-bond donors (Lipinski definition) is 1. The molecule has 2 rings (SSSR count). The Morgan fingerprint density at radius 3 is 2.76 bits per heavy atom. The predicted molar refractivity (Wildman–Crippen MR) is 117 cm³/mol. The Morgan fingerprint density at radius 1 is 1.38 bits per heavy atom. The highest BCUT2D eigenvalue weighted by molar-refractivity contribution is 14.1. The minimum absolute atomic E-state index is 0.127. The fraction of sp³-hybridized carbons (Fsp3) is 0.864. The number of unbranched alkanes of at least 4 members (excludes halogenated alkanes) is 1. The summed E-state index contributed by atoms with van der Waals surface area (Å²) in [6, 6.07) is 0. The van der Waals surface area contributed by atoms with Crippen LogP contribution in [0.5, 0.6) is 0 Å². The van der Waals surface area contributed by atoms with Crippen molar-refractivity contribution in [2.75, 3.05) is 7.11 Å². The standard InChI is InChI=1S/C22H35F2IO4/c1-4-5-11-22(23,24)20(26)10-9-15-14(2)12-18-16(15)13-19(29-18)17(25)7-6-8-21(27)28-3/h9-10,14-20,26H,4-8,11-13H2,1-3H3/t14-,15-,16-,17+,18+,19+,20-/m1/s1. The van der Waals surface area contributed by atoms with E-state index in [1.54, 1.807) is 0 Å². The first-order valence-corrected chi connectivity index (χ1v) is 12.0. The third kappa shape index (κ3) is 6.86. The zero-order valence-corrected chi connectivity index (χ0v) is 19.8. The lowest BCUT2D eigenvalue weighted by atomic mass is 9.86. The van der Waals surface area contributed by atoms with Crippen LogP contribution in [-0.2, 0) is 14.3 Å². The van der Waals surface area contributed by atoms with E-state index in [-0.39, 0.29) is 30.5 Å². The van der Waals surface area contributed by atoms with E-state index in [2.05, 4.69) is 34.3 Å². The van der Waals surface area contributed by atoms with Crippen LogP contribution in [-0.4, -0.2) is 46.3 Å². The minimum atomic E-state index is -3.07. The lowest BCUT2D eigenvalue weighted by Gasteiger charge is -2.23. The molecule has 2 aliphatic rings. The summed E-state index contributed by atoms with van der Waals surface area (Å²) in [5.74, 6) is -2.45. The number of aliphatic hydroxyl groups is 1. The molecule has 0 radical (unpaired) electrons. The third-order valence-electron chi connectivity index (χ3n) is 6.39. The van der Waals surface area contributed by atoms with Crippen molar-refractivity contribution >= 4 is 28.6 Å². The SMILES string of the molecule is CCCCC(F)(F)[C@H](O)C=C[C@H]1[C@H]2C[C@@H]([C@@H](I)CCCC(=O)OC)O[C@H]2C[C@H]1C. The van der Waals surface area contributed by atoms with E-state index in [1.807, 2.05) is 13.0 Å². The Bertz CT molecular complexity index is 557. The maximum Gasteiger partial charge on any atom is 0.305 e. The van der Waals surface area contributed by atoms with Crippen molar-refractivity contribution in [2.24, 2.45) is 17.8 Å².